The van der Waals surface area contributed by atoms with Gasteiger partial charge in [0.25, 0.3) is 11.9 Å². The number of carboxylic acids is 2. The fraction of sp³-hybridized carbons (Fsp3) is 0.421. The lowest BCUT2D eigenvalue weighted by Crippen LogP contribution is -2.41. The molecule has 9 nitrogen and oxygen atoms in total. The van der Waals surface area contributed by atoms with Crippen LogP contribution in [0.3, 0.4) is 0 Å². The van der Waals surface area contributed by atoms with Gasteiger partial charge in [-0.15, -0.1) is 0 Å². The molecule has 4 N–H and O–H groups in total. The average Bonchev–Trinajstić information content (AvgIpc) is 3.10. The monoisotopic (exact) mass is 411 g/mol. The van der Waals surface area contributed by atoms with Gasteiger partial charge in [0, 0.05) is 38.9 Å². The number of benzene rings is 1. The molecule has 10 heteroatoms. The Morgan fingerprint density at radius 3 is 2.41 bits per heavy atom. The van der Waals surface area contributed by atoms with Crippen LogP contribution >= 0.6 is 0 Å². The normalized spacial score (nSPS) is 17.8. The van der Waals surface area contributed by atoms with Crippen molar-refractivity contribution in [3.05, 3.63) is 36.4 Å². The van der Waals surface area contributed by atoms with Crippen LogP contribution in [0, 0.1) is 5.82 Å². The Hall–Kier alpha value is -2.98. The molecule has 1 aliphatic heterocycles. The van der Waals surface area contributed by atoms with Crippen molar-refractivity contribution in [1.29, 1.82) is 0 Å². The number of carboxylic acid groups (broad SMARTS) is 2. The number of ether oxygens (including phenoxy) is 1. The van der Waals surface area contributed by atoms with Crippen molar-refractivity contribution in [3.63, 3.8) is 0 Å². The molecule has 0 aliphatic carbocycles. The second-order valence-corrected chi connectivity index (χ2v) is 6.17. The van der Waals surface area contributed by atoms with E-state index in [1.165, 1.54) is 13.2 Å². The van der Waals surface area contributed by atoms with Crippen LogP contribution in [0.5, 0.6) is 5.75 Å². The summed E-state index contributed by atoms with van der Waals surface area (Å²) in [4.78, 5) is 22.3. The number of nitrogens with zero attached hydrogens (tertiary/aromatic N) is 2. The molecule has 29 heavy (non-hydrogen) atoms. The summed E-state index contributed by atoms with van der Waals surface area (Å²) in [6.45, 7) is 3.53. The number of hydrogen-bond acceptors (Lipinski definition) is 6. The number of β-amino-alcohol motifs (C(OH)–C–C–N with tert-alkyl or cyclic N) is 1. The molecular weight excluding hydrogens is 385 g/mol. The lowest BCUT2D eigenvalue weighted by molar-refractivity contribution is -0.135. The van der Waals surface area contributed by atoms with Crippen LogP contribution < -0.4 is 10.1 Å². The molecule has 1 aromatic carbocycles. The van der Waals surface area contributed by atoms with E-state index >= 15 is 0 Å². The van der Waals surface area contributed by atoms with Crippen molar-refractivity contribution >= 4 is 11.9 Å². The summed E-state index contributed by atoms with van der Waals surface area (Å²) in [5.74, 6) is -1.05. The maximum absolute atomic E-state index is 14.2. The van der Waals surface area contributed by atoms with Gasteiger partial charge in [0.05, 0.1) is 24.8 Å². The fourth-order valence-corrected chi connectivity index (χ4v) is 2.75. The number of piperidine rings is 1. The first-order chi connectivity index (χ1) is 13.7. The fourth-order valence-electron chi connectivity index (χ4n) is 2.75. The van der Waals surface area contributed by atoms with E-state index in [-0.39, 0.29) is 11.9 Å². The van der Waals surface area contributed by atoms with Crippen LogP contribution in [0.15, 0.2) is 30.6 Å². The Labute approximate surface area is 167 Å². The number of carbonyl (C=O) groups is 2. The Morgan fingerprint density at radius 1 is 1.28 bits per heavy atom. The highest BCUT2D eigenvalue weighted by molar-refractivity contribution is 5.63. The highest BCUT2D eigenvalue weighted by atomic mass is 19.1. The minimum absolute atomic E-state index is 0.0924. The van der Waals surface area contributed by atoms with E-state index in [0.29, 0.717) is 23.7 Å². The van der Waals surface area contributed by atoms with Crippen molar-refractivity contribution in [2.24, 2.45) is 0 Å². The van der Waals surface area contributed by atoms with Gasteiger partial charge in [0.1, 0.15) is 17.4 Å². The van der Waals surface area contributed by atoms with Crippen LogP contribution in [-0.4, -0.2) is 63.1 Å². The summed E-state index contributed by atoms with van der Waals surface area (Å²) in [5.41, 5.74) is 0.409. The van der Waals surface area contributed by atoms with Gasteiger partial charge in [-0.05, 0) is 25.1 Å². The Morgan fingerprint density at radius 2 is 1.90 bits per heavy atom. The molecule has 1 aromatic heterocycles. The number of hydrogen-bond donors (Lipinski definition) is 4. The van der Waals surface area contributed by atoms with Gasteiger partial charge >= 0.3 is 0 Å². The molecule has 0 bridgehead atoms. The molecule has 1 saturated heterocycles. The third kappa shape index (κ3) is 7.88. The second-order valence-electron chi connectivity index (χ2n) is 6.17. The maximum Gasteiger partial charge on any atom is 0.300 e. The van der Waals surface area contributed by atoms with Gasteiger partial charge in [0.15, 0.2) is 0 Å². The summed E-state index contributed by atoms with van der Waals surface area (Å²) in [5, 5.41) is 28.1. The quantitative estimate of drug-likeness (QED) is 0.600. The molecule has 2 aromatic rings. The maximum atomic E-state index is 14.2. The smallest absolute Gasteiger partial charge is 0.300 e. The number of rotatable bonds is 3. The average molecular weight is 411 g/mol. The van der Waals surface area contributed by atoms with E-state index < -0.39 is 18.0 Å². The summed E-state index contributed by atoms with van der Waals surface area (Å²) >= 11 is 0. The second kappa shape index (κ2) is 11.8. The Bertz CT molecular complexity index is 791. The summed E-state index contributed by atoms with van der Waals surface area (Å²) < 4.78 is 21.1. The molecule has 2 atom stereocenters. The van der Waals surface area contributed by atoms with Gasteiger partial charge in [-0.3, -0.25) is 9.59 Å². The minimum atomic E-state index is -0.833. The zero-order chi connectivity index (χ0) is 22.0. The van der Waals surface area contributed by atoms with Crippen LogP contribution in [0.1, 0.15) is 26.3 Å². The summed E-state index contributed by atoms with van der Waals surface area (Å²) in [7, 11) is 1.50. The number of methoxy groups -OCH3 is 1. The molecule has 3 rings (SSSR count). The molecule has 0 spiro atoms. The van der Waals surface area contributed by atoms with E-state index in [1.807, 2.05) is 4.57 Å². The highest BCUT2D eigenvalue weighted by Crippen LogP contribution is 2.29. The molecule has 0 radical (unpaired) electrons. The first-order valence-corrected chi connectivity index (χ1v) is 8.82. The minimum Gasteiger partial charge on any atom is -0.497 e. The molecule has 0 unspecified atom stereocenters. The highest BCUT2D eigenvalue weighted by Gasteiger charge is 2.27. The van der Waals surface area contributed by atoms with E-state index in [1.54, 1.807) is 24.5 Å². The van der Waals surface area contributed by atoms with Crippen molar-refractivity contribution in [2.45, 2.75) is 32.4 Å². The lowest BCUT2D eigenvalue weighted by Gasteiger charge is -2.30. The van der Waals surface area contributed by atoms with E-state index in [0.717, 1.165) is 26.8 Å². The first-order valence-electron chi connectivity index (χ1n) is 8.82. The number of aliphatic hydroxyl groups excluding tert-OH is 1. The van der Waals surface area contributed by atoms with Crippen LogP contribution in [0.4, 0.5) is 4.39 Å². The Kier molecular flexibility index (Phi) is 9.76. The predicted octanol–water partition coefficient (Wildman–Crippen LogP) is 1.77. The van der Waals surface area contributed by atoms with Gasteiger partial charge in [-0.2, -0.15) is 0 Å². The molecule has 0 saturated carbocycles. The van der Waals surface area contributed by atoms with Crippen LogP contribution in [-0.2, 0) is 9.59 Å². The third-order valence-electron chi connectivity index (χ3n) is 3.86. The molecule has 2 heterocycles. The number of halogens is 1. The zero-order valence-electron chi connectivity index (χ0n) is 16.5. The number of imidazole rings is 1. The predicted molar refractivity (Wildman–Crippen MR) is 103 cm³/mol. The van der Waals surface area contributed by atoms with E-state index in [4.69, 9.17) is 24.5 Å². The van der Waals surface area contributed by atoms with Gasteiger partial charge in [-0.25, -0.2) is 9.37 Å². The number of aromatic nitrogens is 2. The van der Waals surface area contributed by atoms with Gasteiger partial charge in [0.2, 0.25) is 0 Å². The topological polar surface area (TPSA) is 134 Å². The van der Waals surface area contributed by atoms with Crippen LogP contribution in [0.2, 0.25) is 0 Å². The van der Waals surface area contributed by atoms with E-state index in [2.05, 4.69) is 10.3 Å². The van der Waals surface area contributed by atoms with Crippen LogP contribution in [0.25, 0.3) is 11.4 Å². The molecule has 0 amide bonds. The largest absolute Gasteiger partial charge is 0.497 e. The van der Waals surface area contributed by atoms with Gasteiger partial charge in [-0.1, -0.05) is 0 Å². The van der Waals surface area contributed by atoms with Gasteiger partial charge < -0.3 is 29.9 Å². The molecular formula is C19H26FN3O6. The third-order valence-corrected chi connectivity index (χ3v) is 3.86. The number of nitrogens with one attached hydrogen (secondary N) is 1. The lowest BCUT2D eigenvalue weighted by atomic mass is 10.0. The zero-order valence-corrected chi connectivity index (χ0v) is 16.5. The van der Waals surface area contributed by atoms with Crippen molar-refractivity contribution in [2.75, 3.05) is 20.2 Å². The standard InChI is InChI=1S/C15H18FN3O2.2C2H4O2/c1-21-10-2-3-11(12(16)8-10)15-18-6-7-19(15)13-4-5-17-9-14(13)20;2*1-2(3)4/h2-3,6-8,13-14,17,20H,4-5,9H2,1H3;2*1H3,(H,3,4)/t13-,14-;;/m0../s1. The van der Waals surface area contributed by atoms with Crippen molar-refractivity contribution in [1.82, 2.24) is 14.9 Å². The molecule has 1 aliphatic rings. The number of aliphatic carboxylic acids is 2. The number of aliphatic hydroxyl groups is 1. The van der Waals surface area contributed by atoms with Crippen molar-refractivity contribution in [3.8, 4) is 17.1 Å². The summed E-state index contributed by atoms with van der Waals surface area (Å²) in [6, 6.07) is 4.61. The van der Waals surface area contributed by atoms with Crippen molar-refractivity contribution < 1.29 is 34.0 Å². The first kappa shape index (κ1) is 24.1. The SMILES string of the molecule is CC(=O)O.CC(=O)O.COc1ccc(-c2nccn2[C@H]2CCNC[C@@H]2O)c(F)c1. The Balaban J connectivity index is 0.000000452. The summed E-state index contributed by atoms with van der Waals surface area (Å²) in [6.07, 6.45) is 3.70. The molecule has 160 valence electrons. The van der Waals surface area contributed by atoms with E-state index in [9.17, 15) is 9.50 Å². The molecule has 1 fully saturated rings.